The Balaban J connectivity index is 1.62. The van der Waals surface area contributed by atoms with Crippen molar-refractivity contribution in [3.63, 3.8) is 0 Å². The Bertz CT molecular complexity index is 1080. The third-order valence-electron chi connectivity index (χ3n) is 5.27. The van der Waals surface area contributed by atoms with Crippen LogP contribution < -0.4 is 9.47 Å². The molecule has 2 amide bonds. The fraction of sp³-hybridized carbons (Fsp3) is 0.333. The Labute approximate surface area is 200 Å². The second-order valence-corrected chi connectivity index (χ2v) is 7.90. The number of alkyl halides is 3. The number of halogens is 4. The molecule has 10 heteroatoms. The summed E-state index contributed by atoms with van der Waals surface area (Å²) in [5, 5.41) is 0.349. The lowest BCUT2D eigenvalue weighted by Gasteiger charge is -2.34. The van der Waals surface area contributed by atoms with Crippen LogP contribution in [0.1, 0.15) is 28.4 Å². The molecule has 0 saturated carbocycles. The fourth-order valence-electron chi connectivity index (χ4n) is 3.56. The molecule has 1 aliphatic heterocycles. The van der Waals surface area contributed by atoms with Crippen molar-refractivity contribution in [2.24, 2.45) is 0 Å². The van der Waals surface area contributed by atoms with Crippen LogP contribution in [0.25, 0.3) is 6.08 Å². The van der Waals surface area contributed by atoms with Gasteiger partial charge in [-0.25, -0.2) is 0 Å². The molecule has 0 bridgehead atoms. The van der Waals surface area contributed by atoms with E-state index in [1.54, 1.807) is 23.1 Å². The molecular weight excluding hydrogens is 473 g/mol. The van der Waals surface area contributed by atoms with E-state index >= 15 is 0 Å². The summed E-state index contributed by atoms with van der Waals surface area (Å²) in [6.07, 6.45) is -1.51. The van der Waals surface area contributed by atoms with Crippen LogP contribution in [0.2, 0.25) is 5.02 Å². The standard InChI is InChI=1S/C24H24ClF3N2O4/c1-3-34-20-14-16(13-19(25)22(20)33-2)7-8-21(31)29-9-11-30(12-10-29)23(32)17-5-4-6-18(15-17)24(26,27)28/h4-8,13-15H,3,9-12H2,1-2H3/b8-7+. The van der Waals surface area contributed by atoms with Crippen molar-refractivity contribution < 1.29 is 32.2 Å². The van der Waals surface area contributed by atoms with E-state index in [0.29, 0.717) is 28.7 Å². The van der Waals surface area contributed by atoms with Gasteiger partial charge in [-0.1, -0.05) is 17.7 Å². The molecule has 2 aromatic rings. The van der Waals surface area contributed by atoms with Gasteiger partial charge in [0.15, 0.2) is 11.5 Å². The van der Waals surface area contributed by atoms with Crippen molar-refractivity contribution in [3.05, 3.63) is 64.2 Å². The number of piperazine rings is 1. The number of nitrogens with zero attached hydrogens (tertiary/aromatic N) is 2. The zero-order valence-electron chi connectivity index (χ0n) is 18.7. The van der Waals surface area contributed by atoms with Gasteiger partial charge in [0.2, 0.25) is 5.91 Å². The molecule has 0 atom stereocenters. The van der Waals surface area contributed by atoms with Crippen molar-refractivity contribution >= 4 is 29.5 Å². The second kappa shape index (κ2) is 10.8. The van der Waals surface area contributed by atoms with Gasteiger partial charge in [-0.05, 0) is 48.9 Å². The molecule has 1 saturated heterocycles. The lowest BCUT2D eigenvalue weighted by atomic mass is 10.1. The Hall–Kier alpha value is -3.20. The van der Waals surface area contributed by atoms with E-state index in [1.165, 1.54) is 30.2 Å². The number of carbonyl (C=O) groups is 2. The van der Waals surface area contributed by atoms with Crippen molar-refractivity contribution in [2.45, 2.75) is 13.1 Å². The number of amides is 2. The van der Waals surface area contributed by atoms with Gasteiger partial charge in [0.25, 0.3) is 5.91 Å². The molecule has 0 spiro atoms. The second-order valence-electron chi connectivity index (χ2n) is 7.50. The maximum Gasteiger partial charge on any atom is 0.416 e. The van der Waals surface area contributed by atoms with Gasteiger partial charge in [0.05, 0.1) is 24.3 Å². The summed E-state index contributed by atoms with van der Waals surface area (Å²) in [6, 6.07) is 7.70. The number of benzene rings is 2. The van der Waals surface area contributed by atoms with Gasteiger partial charge in [-0.3, -0.25) is 9.59 Å². The van der Waals surface area contributed by atoms with E-state index in [2.05, 4.69) is 0 Å². The van der Waals surface area contributed by atoms with Crippen LogP contribution in [0.15, 0.2) is 42.5 Å². The zero-order valence-corrected chi connectivity index (χ0v) is 19.4. The number of carbonyl (C=O) groups excluding carboxylic acids is 2. The van der Waals surface area contributed by atoms with E-state index in [4.69, 9.17) is 21.1 Å². The SMILES string of the molecule is CCOc1cc(/C=C/C(=O)N2CCN(C(=O)c3cccc(C(F)(F)F)c3)CC2)cc(Cl)c1OC. The number of hydrogen-bond donors (Lipinski definition) is 0. The molecule has 0 radical (unpaired) electrons. The normalized spacial score (nSPS) is 14.4. The molecule has 2 aromatic carbocycles. The molecule has 3 rings (SSSR count). The summed E-state index contributed by atoms with van der Waals surface area (Å²) in [7, 11) is 1.49. The average molecular weight is 497 g/mol. The van der Waals surface area contributed by atoms with Crippen LogP contribution in [-0.4, -0.2) is 61.5 Å². The van der Waals surface area contributed by atoms with Crippen LogP contribution in [-0.2, 0) is 11.0 Å². The van der Waals surface area contributed by atoms with Crippen LogP contribution in [0.3, 0.4) is 0 Å². The first-order chi connectivity index (χ1) is 16.1. The van der Waals surface area contributed by atoms with Gasteiger partial charge < -0.3 is 19.3 Å². The monoisotopic (exact) mass is 496 g/mol. The van der Waals surface area contributed by atoms with Gasteiger partial charge in [0.1, 0.15) is 0 Å². The lowest BCUT2D eigenvalue weighted by Crippen LogP contribution is -2.50. The summed E-state index contributed by atoms with van der Waals surface area (Å²) in [4.78, 5) is 28.3. The largest absolute Gasteiger partial charge is 0.491 e. The first-order valence-corrected chi connectivity index (χ1v) is 11.0. The topological polar surface area (TPSA) is 59.1 Å². The van der Waals surface area contributed by atoms with Crippen LogP contribution in [0.4, 0.5) is 13.2 Å². The highest BCUT2D eigenvalue weighted by Crippen LogP contribution is 2.36. The van der Waals surface area contributed by atoms with Gasteiger partial charge in [-0.15, -0.1) is 0 Å². The van der Waals surface area contributed by atoms with Gasteiger partial charge >= 0.3 is 6.18 Å². The quantitative estimate of drug-likeness (QED) is 0.541. The molecular formula is C24H24ClF3N2O4. The van der Waals surface area contributed by atoms with Crippen molar-refractivity contribution in [1.29, 1.82) is 0 Å². The van der Waals surface area contributed by atoms with Crippen molar-refractivity contribution in [2.75, 3.05) is 39.9 Å². The molecule has 0 aliphatic carbocycles. The van der Waals surface area contributed by atoms with E-state index in [9.17, 15) is 22.8 Å². The fourth-order valence-corrected chi connectivity index (χ4v) is 3.86. The molecule has 182 valence electrons. The van der Waals surface area contributed by atoms with Crippen LogP contribution in [0.5, 0.6) is 11.5 Å². The number of rotatable bonds is 6. The zero-order chi connectivity index (χ0) is 24.9. The van der Waals surface area contributed by atoms with E-state index < -0.39 is 17.6 Å². The summed E-state index contributed by atoms with van der Waals surface area (Å²) in [5.41, 5.74) is -0.250. The maximum atomic E-state index is 12.9. The highest BCUT2D eigenvalue weighted by molar-refractivity contribution is 6.32. The smallest absolute Gasteiger partial charge is 0.416 e. The Morgan fingerprint density at radius 3 is 2.38 bits per heavy atom. The minimum absolute atomic E-state index is 0.0315. The van der Waals surface area contributed by atoms with Crippen molar-refractivity contribution in [3.8, 4) is 11.5 Å². The summed E-state index contributed by atoms with van der Waals surface area (Å²) < 4.78 is 49.6. The van der Waals surface area contributed by atoms with Gasteiger partial charge in [-0.2, -0.15) is 13.2 Å². The molecule has 6 nitrogen and oxygen atoms in total. The number of ether oxygens (including phenoxy) is 2. The minimum Gasteiger partial charge on any atom is -0.491 e. The molecule has 1 heterocycles. The van der Waals surface area contributed by atoms with Crippen molar-refractivity contribution in [1.82, 2.24) is 9.80 Å². The summed E-state index contributed by atoms with van der Waals surface area (Å²) in [6.45, 7) is 3.22. The van der Waals surface area contributed by atoms with E-state index in [-0.39, 0.29) is 37.6 Å². The highest BCUT2D eigenvalue weighted by Gasteiger charge is 2.32. The summed E-state index contributed by atoms with van der Waals surface area (Å²) >= 11 is 6.23. The van der Waals surface area contributed by atoms with Crippen LogP contribution in [0, 0.1) is 0 Å². The Morgan fingerprint density at radius 1 is 1.09 bits per heavy atom. The number of hydrogen-bond acceptors (Lipinski definition) is 4. The molecule has 0 aromatic heterocycles. The summed E-state index contributed by atoms with van der Waals surface area (Å²) in [5.74, 6) is 0.126. The average Bonchev–Trinajstić information content (AvgIpc) is 2.82. The first kappa shape index (κ1) is 25.4. The minimum atomic E-state index is -4.52. The predicted octanol–water partition coefficient (Wildman–Crippen LogP) is 4.76. The molecule has 0 N–H and O–H groups in total. The van der Waals surface area contributed by atoms with E-state index in [0.717, 1.165) is 12.1 Å². The van der Waals surface area contributed by atoms with Crippen LogP contribution >= 0.6 is 11.6 Å². The number of methoxy groups -OCH3 is 1. The molecule has 0 unspecified atom stereocenters. The van der Waals surface area contributed by atoms with Gasteiger partial charge in [0, 0.05) is 37.8 Å². The Morgan fingerprint density at radius 2 is 1.76 bits per heavy atom. The molecule has 1 aliphatic rings. The maximum absolute atomic E-state index is 12.9. The third kappa shape index (κ3) is 6.02. The molecule has 1 fully saturated rings. The third-order valence-corrected chi connectivity index (χ3v) is 5.55. The predicted molar refractivity (Wildman–Crippen MR) is 122 cm³/mol. The molecule has 34 heavy (non-hydrogen) atoms. The van der Waals surface area contributed by atoms with E-state index in [1.807, 2.05) is 6.92 Å². The highest BCUT2D eigenvalue weighted by atomic mass is 35.5. The first-order valence-electron chi connectivity index (χ1n) is 10.6. The lowest BCUT2D eigenvalue weighted by molar-refractivity contribution is -0.137. The Kier molecular flexibility index (Phi) is 8.09.